The van der Waals surface area contributed by atoms with E-state index in [0.29, 0.717) is 6.10 Å². The summed E-state index contributed by atoms with van der Waals surface area (Å²) in [7, 11) is 2.06. The Bertz CT molecular complexity index is 234. The zero-order valence-corrected chi connectivity index (χ0v) is 11.7. The highest BCUT2D eigenvalue weighted by molar-refractivity contribution is 4.84. The summed E-state index contributed by atoms with van der Waals surface area (Å²) >= 11 is 0. The van der Waals surface area contributed by atoms with E-state index < -0.39 is 0 Å². The van der Waals surface area contributed by atoms with Crippen LogP contribution in [0.1, 0.15) is 39.5 Å². The van der Waals surface area contributed by atoms with Crippen LogP contribution in [0.4, 0.5) is 0 Å². The number of piperidine rings is 1. The van der Waals surface area contributed by atoms with Gasteiger partial charge in [-0.2, -0.15) is 0 Å². The van der Waals surface area contributed by atoms with Crippen molar-refractivity contribution in [1.29, 1.82) is 0 Å². The molecule has 100 valence electrons. The van der Waals surface area contributed by atoms with Crippen LogP contribution in [0.3, 0.4) is 0 Å². The van der Waals surface area contributed by atoms with E-state index in [2.05, 4.69) is 31.1 Å². The van der Waals surface area contributed by atoms with Crippen molar-refractivity contribution >= 4 is 0 Å². The first-order valence-electron chi connectivity index (χ1n) is 7.14. The number of hydrogen-bond donors (Lipinski definition) is 1. The lowest BCUT2D eigenvalue weighted by atomic mass is 9.96. The molecular formula is C14H28N2O. The number of rotatable bonds is 4. The molecule has 1 N–H and O–H groups in total. The highest BCUT2D eigenvalue weighted by atomic mass is 16.5. The maximum absolute atomic E-state index is 6.07. The first-order chi connectivity index (χ1) is 8.09. The largest absolute Gasteiger partial charge is 0.371 e. The van der Waals surface area contributed by atoms with E-state index in [0.717, 1.165) is 12.5 Å². The van der Waals surface area contributed by atoms with Crippen molar-refractivity contribution < 1.29 is 4.74 Å². The fraction of sp³-hybridized carbons (Fsp3) is 1.00. The molecule has 1 atom stereocenters. The fourth-order valence-corrected chi connectivity index (χ4v) is 3.16. The standard InChI is InChI=1S/C14H28N2O/c1-14(2)7-4-13(17-14)11-16-8-5-12(6-9-16)10-15-3/h12-13,15H,4-11H2,1-3H3. The predicted octanol–water partition coefficient (Wildman–Crippen LogP) is 1.88. The molecule has 0 aromatic carbocycles. The minimum Gasteiger partial charge on any atom is -0.371 e. The van der Waals surface area contributed by atoms with Gasteiger partial charge in [0, 0.05) is 6.54 Å². The third-order valence-corrected chi connectivity index (χ3v) is 4.22. The Morgan fingerprint density at radius 3 is 2.47 bits per heavy atom. The quantitative estimate of drug-likeness (QED) is 0.812. The summed E-state index contributed by atoms with van der Waals surface area (Å²) in [5.41, 5.74) is 0.120. The lowest BCUT2D eigenvalue weighted by Gasteiger charge is -2.33. The lowest BCUT2D eigenvalue weighted by molar-refractivity contribution is -0.0319. The van der Waals surface area contributed by atoms with Gasteiger partial charge in [0.25, 0.3) is 0 Å². The van der Waals surface area contributed by atoms with Gasteiger partial charge in [-0.05, 0) is 72.1 Å². The van der Waals surface area contributed by atoms with Crippen molar-refractivity contribution in [2.75, 3.05) is 33.2 Å². The zero-order valence-electron chi connectivity index (χ0n) is 11.7. The van der Waals surface area contributed by atoms with Gasteiger partial charge in [-0.1, -0.05) is 0 Å². The maximum atomic E-state index is 6.07. The third kappa shape index (κ3) is 3.94. The first kappa shape index (κ1) is 13.3. The topological polar surface area (TPSA) is 24.5 Å². The molecule has 2 aliphatic rings. The molecule has 0 aromatic heterocycles. The summed E-state index contributed by atoms with van der Waals surface area (Å²) < 4.78 is 6.07. The predicted molar refractivity (Wildman–Crippen MR) is 71.3 cm³/mol. The molecule has 3 nitrogen and oxygen atoms in total. The van der Waals surface area contributed by atoms with E-state index in [1.165, 1.54) is 45.3 Å². The van der Waals surface area contributed by atoms with Crippen molar-refractivity contribution in [3.05, 3.63) is 0 Å². The molecule has 2 fully saturated rings. The molecule has 2 aliphatic heterocycles. The number of nitrogens with one attached hydrogen (secondary N) is 1. The van der Waals surface area contributed by atoms with Crippen LogP contribution in [-0.4, -0.2) is 49.8 Å². The average Bonchev–Trinajstić information content (AvgIpc) is 2.61. The van der Waals surface area contributed by atoms with E-state index >= 15 is 0 Å². The Hall–Kier alpha value is -0.120. The SMILES string of the molecule is CNCC1CCN(CC2CCC(C)(C)O2)CC1. The Morgan fingerprint density at radius 2 is 1.94 bits per heavy atom. The van der Waals surface area contributed by atoms with Crippen molar-refractivity contribution in [1.82, 2.24) is 10.2 Å². The number of likely N-dealkylation sites (tertiary alicyclic amines) is 1. The van der Waals surface area contributed by atoms with E-state index in [1.54, 1.807) is 0 Å². The van der Waals surface area contributed by atoms with Crippen LogP contribution in [0.2, 0.25) is 0 Å². The van der Waals surface area contributed by atoms with Gasteiger partial charge in [0.2, 0.25) is 0 Å². The highest BCUT2D eigenvalue weighted by Gasteiger charge is 2.33. The third-order valence-electron chi connectivity index (χ3n) is 4.22. The molecule has 0 spiro atoms. The second kappa shape index (κ2) is 5.68. The van der Waals surface area contributed by atoms with E-state index in [9.17, 15) is 0 Å². The van der Waals surface area contributed by atoms with Crippen LogP contribution in [-0.2, 0) is 4.74 Å². The van der Waals surface area contributed by atoms with Crippen molar-refractivity contribution in [2.24, 2.45) is 5.92 Å². The Balaban J connectivity index is 1.68. The number of hydrogen-bond acceptors (Lipinski definition) is 3. The van der Waals surface area contributed by atoms with E-state index in [4.69, 9.17) is 4.74 Å². The van der Waals surface area contributed by atoms with E-state index in [-0.39, 0.29) is 5.60 Å². The molecule has 0 aromatic rings. The summed E-state index contributed by atoms with van der Waals surface area (Å²) in [6.45, 7) is 9.27. The summed E-state index contributed by atoms with van der Waals surface area (Å²) in [5, 5.41) is 3.29. The minimum atomic E-state index is 0.120. The molecule has 2 rings (SSSR count). The summed E-state index contributed by atoms with van der Waals surface area (Å²) in [6.07, 6.45) is 5.62. The second-order valence-corrected chi connectivity index (χ2v) is 6.34. The van der Waals surface area contributed by atoms with Gasteiger partial charge in [-0.15, -0.1) is 0 Å². The summed E-state index contributed by atoms with van der Waals surface area (Å²) in [4.78, 5) is 2.60. The van der Waals surface area contributed by atoms with E-state index in [1.807, 2.05) is 0 Å². The molecule has 2 heterocycles. The molecule has 0 saturated carbocycles. The molecule has 0 amide bonds. The van der Waals surface area contributed by atoms with Gasteiger partial charge in [0.05, 0.1) is 11.7 Å². The summed E-state index contributed by atoms with van der Waals surface area (Å²) in [5.74, 6) is 0.886. The average molecular weight is 240 g/mol. The number of ether oxygens (including phenoxy) is 1. The monoisotopic (exact) mass is 240 g/mol. The van der Waals surface area contributed by atoms with Crippen molar-refractivity contribution in [2.45, 2.75) is 51.2 Å². The van der Waals surface area contributed by atoms with Gasteiger partial charge in [0.1, 0.15) is 0 Å². The summed E-state index contributed by atoms with van der Waals surface area (Å²) in [6, 6.07) is 0. The highest BCUT2D eigenvalue weighted by Crippen LogP contribution is 2.30. The Morgan fingerprint density at radius 1 is 1.24 bits per heavy atom. The molecule has 17 heavy (non-hydrogen) atoms. The van der Waals surface area contributed by atoms with Crippen LogP contribution >= 0.6 is 0 Å². The van der Waals surface area contributed by atoms with Crippen LogP contribution in [0.5, 0.6) is 0 Å². The smallest absolute Gasteiger partial charge is 0.0710 e. The zero-order chi connectivity index (χ0) is 12.3. The second-order valence-electron chi connectivity index (χ2n) is 6.34. The van der Waals surface area contributed by atoms with Gasteiger partial charge in [0.15, 0.2) is 0 Å². The van der Waals surface area contributed by atoms with Gasteiger partial charge >= 0.3 is 0 Å². The molecule has 0 aliphatic carbocycles. The molecule has 1 unspecified atom stereocenters. The molecule has 0 radical (unpaired) electrons. The molecule has 3 heteroatoms. The maximum Gasteiger partial charge on any atom is 0.0710 e. The lowest BCUT2D eigenvalue weighted by Crippen LogP contribution is -2.41. The Labute approximate surface area is 106 Å². The van der Waals surface area contributed by atoms with Crippen LogP contribution in [0.25, 0.3) is 0 Å². The van der Waals surface area contributed by atoms with Crippen molar-refractivity contribution in [3.8, 4) is 0 Å². The van der Waals surface area contributed by atoms with Crippen LogP contribution < -0.4 is 5.32 Å². The minimum absolute atomic E-state index is 0.120. The fourth-order valence-electron chi connectivity index (χ4n) is 3.16. The van der Waals surface area contributed by atoms with Crippen molar-refractivity contribution in [3.63, 3.8) is 0 Å². The van der Waals surface area contributed by atoms with Crippen LogP contribution in [0.15, 0.2) is 0 Å². The first-order valence-corrected chi connectivity index (χ1v) is 7.14. The molecule has 2 saturated heterocycles. The molecule has 0 bridgehead atoms. The number of nitrogens with zero attached hydrogens (tertiary/aromatic N) is 1. The van der Waals surface area contributed by atoms with Gasteiger partial charge in [-0.3, -0.25) is 0 Å². The van der Waals surface area contributed by atoms with Gasteiger partial charge in [-0.25, -0.2) is 0 Å². The van der Waals surface area contributed by atoms with Crippen LogP contribution in [0, 0.1) is 5.92 Å². The Kier molecular flexibility index (Phi) is 4.45. The normalized spacial score (nSPS) is 30.9. The molecular weight excluding hydrogens is 212 g/mol. The van der Waals surface area contributed by atoms with Gasteiger partial charge < -0.3 is 15.0 Å².